The van der Waals surface area contributed by atoms with Gasteiger partial charge in [-0.2, -0.15) is 5.10 Å². The molecule has 0 unspecified atom stereocenters. The summed E-state index contributed by atoms with van der Waals surface area (Å²) in [7, 11) is 1.11. The summed E-state index contributed by atoms with van der Waals surface area (Å²) in [5.41, 5.74) is -0.293. The molecule has 1 aromatic carbocycles. The normalized spacial score (nSPS) is 10.6. The van der Waals surface area contributed by atoms with Crippen LogP contribution >= 0.6 is 0 Å². The molecule has 10 heteroatoms. The highest BCUT2D eigenvalue weighted by Gasteiger charge is 2.21. The van der Waals surface area contributed by atoms with Crippen molar-refractivity contribution >= 4 is 23.2 Å². The average Bonchev–Trinajstić information content (AvgIpc) is 2.92. The van der Waals surface area contributed by atoms with Gasteiger partial charge in [-0.15, -0.1) is 0 Å². The van der Waals surface area contributed by atoms with E-state index >= 15 is 0 Å². The van der Waals surface area contributed by atoms with Gasteiger partial charge >= 0.3 is 5.97 Å². The van der Waals surface area contributed by atoms with Crippen molar-refractivity contribution in [3.05, 3.63) is 46.1 Å². The highest BCUT2D eigenvalue weighted by atomic mass is 19.3. The number of aromatic nitrogens is 2. The average molecular weight is 326 g/mol. The van der Waals surface area contributed by atoms with E-state index in [2.05, 4.69) is 15.2 Å². The maximum atomic E-state index is 12.3. The number of esters is 1. The summed E-state index contributed by atoms with van der Waals surface area (Å²) < 4.78 is 30.1. The zero-order chi connectivity index (χ0) is 17.0. The van der Waals surface area contributed by atoms with Gasteiger partial charge in [-0.25, -0.2) is 13.6 Å². The van der Waals surface area contributed by atoms with Crippen LogP contribution in [-0.4, -0.2) is 34.2 Å². The van der Waals surface area contributed by atoms with Crippen molar-refractivity contribution < 1.29 is 23.2 Å². The molecule has 1 heterocycles. The number of rotatable bonds is 6. The van der Waals surface area contributed by atoms with Gasteiger partial charge in [0.2, 0.25) is 0 Å². The number of hydrogen-bond acceptors (Lipinski definition) is 6. The number of ether oxygens (including phenoxy) is 1. The lowest BCUT2D eigenvalue weighted by atomic mass is 10.1. The number of nitro benzene ring substituents is 1. The summed E-state index contributed by atoms with van der Waals surface area (Å²) in [6, 6.07) is 5.21. The first kappa shape index (κ1) is 16.3. The quantitative estimate of drug-likeness (QED) is 0.497. The van der Waals surface area contributed by atoms with Gasteiger partial charge in [0, 0.05) is 24.0 Å². The van der Waals surface area contributed by atoms with Crippen molar-refractivity contribution in [3.63, 3.8) is 0 Å². The van der Waals surface area contributed by atoms with Gasteiger partial charge < -0.3 is 10.1 Å². The molecule has 0 aliphatic heterocycles. The van der Waals surface area contributed by atoms with E-state index in [0.717, 1.165) is 17.9 Å². The Hall–Kier alpha value is -3.04. The van der Waals surface area contributed by atoms with Gasteiger partial charge in [0.15, 0.2) is 5.82 Å². The number of carbonyl (C=O) groups excluding carboxylic acids is 1. The topological polar surface area (TPSA) is 99.3 Å². The molecule has 1 aromatic heterocycles. The molecule has 0 amide bonds. The maximum Gasteiger partial charge on any atom is 0.344 e. The Kier molecular flexibility index (Phi) is 4.84. The zero-order valence-corrected chi connectivity index (χ0v) is 11.9. The molecule has 0 aliphatic carbocycles. The van der Waals surface area contributed by atoms with Crippen LogP contribution in [0.5, 0.6) is 0 Å². The molecule has 23 heavy (non-hydrogen) atoms. The maximum absolute atomic E-state index is 12.3. The molecular formula is C13H12F2N4O4. The molecule has 2 aromatic rings. The Bertz CT molecular complexity index is 733. The predicted octanol–water partition coefficient (Wildman–Crippen LogP) is 2.59. The zero-order valence-electron chi connectivity index (χ0n) is 11.9. The van der Waals surface area contributed by atoms with Gasteiger partial charge in [-0.3, -0.25) is 14.8 Å². The summed E-state index contributed by atoms with van der Waals surface area (Å²) in [5.74, 6) is -0.598. The number of anilines is 2. The molecule has 0 aliphatic rings. The molecule has 8 nitrogen and oxygen atoms in total. The Morgan fingerprint density at radius 1 is 1.48 bits per heavy atom. The summed E-state index contributed by atoms with van der Waals surface area (Å²) in [6.45, 7) is -0.546. The van der Waals surface area contributed by atoms with Gasteiger partial charge in [-0.05, 0) is 12.1 Å². The third-order valence-electron chi connectivity index (χ3n) is 2.84. The van der Waals surface area contributed by atoms with Crippen LogP contribution in [0.3, 0.4) is 0 Å². The van der Waals surface area contributed by atoms with Crippen LogP contribution in [0.25, 0.3) is 0 Å². The largest absolute Gasteiger partial charge is 0.465 e. The number of alkyl halides is 2. The smallest absolute Gasteiger partial charge is 0.344 e. The third kappa shape index (κ3) is 3.99. The molecule has 0 radical (unpaired) electrons. The Morgan fingerprint density at radius 3 is 2.83 bits per heavy atom. The van der Waals surface area contributed by atoms with Crippen LogP contribution in [0.15, 0.2) is 30.5 Å². The second-order valence-corrected chi connectivity index (χ2v) is 4.42. The molecule has 0 spiro atoms. The van der Waals surface area contributed by atoms with Crippen molar-refractivity contribution in [1.82, 2.24) is 9.78 Å². The van der Waals surface area contributed by atoms with Crippen molar-refractivity contribution in [1.29, 1.82) is 0 Å². The van der Waals surface area contributed by atoms with Crippen LogP contribution in [-0.2, 0) is 11.3 Å². The van der Waals surface area contributed by atoms with Gasteiger partial charge in [-0.1, -0.05) is 0 Å². The third-order valence-corrected chi connectivity index (χ3v) is 2.84. The number of carbonyl (C=O) groups is 1. The molecule has 0 fully saturated rings. The van der Waals surface area contributed by atoms with E-state index in [0.29, 0.717) is 5.69 Å². The van der Waals surface area contributed by atoms with Crippen LogP contribution < -0.4 is 5.32 Å². The predicted molar refractivity (Wildman–Crippen MR) is 75.9 cm³/mol. The van der Waals surface area contributed by atoms with Crippen molar-refractivity contribution in [2.45, 2.75) is 13.0 Å². The van der Waals surface area contributed by atoms with Crippen molar-refractivity contribution in [2.75, 3.05) is 12.4 Å². The van der Waals surface area contributed by atoms with Crippen molar-refractivity contribution in [2.24, 2.45) is 0 Å². The fourth-order valence-corrected chi connectivity index (χ4v) is 1.87. The first-order valence-corrected chi connectivity index (χ1v) is 6.36. The minimum Gasteiger partial charge on any atom is -0.465 e. The number of methoxy groups -OCH3 is 1. The molecule has 122 valence electrons. The second kappa shape index (κ2) is 6.81. The molecule has 2 rings (SSSR count). The highest BCUT2D eigenvalue weighted by Crippen LogP contribution is 2.25. The molecular weight excluding hydrogens is 314 g/mol. The van der Waals surface area contributed by atoms with E-state index in [1.54, 1.807) is 0 Å². The molecule has 0 atom stereocenters. The first-order chi connectivity index (χ1) is 10.9. The van der Waals surface area contributed by atoms with Crippen LogP contribution in [0.4, 0.5) is 26.0 Å². The summed E-state index contributed by atoms with van der Waals surface area (Å²) in [4.78, 5) is 21.8. The van der Waals surface area contributed by atoms with Gasteiger partial charge in [0.1, 0.15) is 12.1 Å². The summed E-state index contributed by atoms with van der Waals surface area (Å²) in [6.07, 6.45) is -1.17. The van der Waals surface area contributed by atoms with Crippen LogP contribution in [0, 0.1) is 10.1 Å². The number of nitro groups is 1. The first-order valence-electron chi connectivity index (χ1n) is 6.36. The van der Waals surface area contributed by atoms with E-state index in [4.69, 9.17) is 0 Å². The van der Waals surface area contributed by atoms with E-state index in [1.807, 2.05) is 0 Å². The van der Waals surface area contributed by atoms with Gasteiger partial charge in [0.05, 0.1) is 12.0 Å². The number of nitrogens with one attached hydrogen (secondary N) is 1. The number of hydrogen-bond donors (Lipinski definition) is 1. The van der Waals surface area contributed by atoms with E-state index in [1.165, 1.54) is 24.4 Å². The lowest BCUT2D eigenvalue weighted by Gasteiger charge is -2.06. The molecule has 0 saturated carbocycles. The lowest BCUT2D eigenvalue weighted by molar-refractivity contribution is -0.385. The minimum absolute atomic E-state index is 0.227. The minimum atomic E-state index is -2.53. The van der Waals surface area contributed by atoms with E-state index < -0.39 is 29.6 Å². The Morgan fingerprint density at radius 2 is 2.22 bits per heavy atom. The lowest BCUT2D eigenvalue weighted by Crippen LogP contribution is -2.08. The van der Waals surface area contributed by atoms with E-state index in [9.17, 15) is 23.7 Å². The molecule has 1 N–H and O–H groups in total. The molecule has 0 saturated heterocycles. The highest BCUT2D eigenvalue weighted by molar-refractivity contribution is 5.95. The molecule has 0 bridgehead atoms. The standard InChI is InChI=1S/C13H12F2N4O4/c1-23-13(20)9-6-8(2-3-10(9)19(21)22)16-12-4-5-18(17-12)7-11(14)15/h2-6,11H,7H2,1H3,(H,16,17). The Labute approximate surface area is 128 Å². The number of halogens is 2. The SMILES string of the molecule is COC(=O)c1cc(Nc2ccn(CC(F)F)n2)ccc1[N+](=O)[O-]. The fraction of sp³-hybridized carbons (Fsp3) is 0.231. The van der Waals surface area contributed by atoms with Crippen LogP contribution in [0.1, 0.15) is 10.4 Å². The second-order valence-electron chi connectivity index (χ2n) is 4.42. The number of nitrogens with zero attached hydrogens (tertiary/aromatic N) is 3. The summed E-state index contributed by atoms with van der Waals surface area (Å²) in [5, 5.41) is 17.6. The monoisotopic (exact) mass is 326 g/mol. The van der Waals surface area contributed by atoms with Crippen LogP contribution in [0.2, 0.25) is 0 Å². The van der Waals surface area contributed by atoms with E-state index in [-0.39, 0.29) is 11.4 Å². The summed E-state index contributed by atoms with van der Waals surface area (Å²) >= 11 is 0. The van der Waals surface area contributed by atoms with Crippen molar-refractivity contribution in [3.8, 4) is 0 Å². The van der Waals surface area contributed by atoms with Gasteiger partial charge in [0.25, 0.3) is 12.1 Å². The Balaban J connectivity index is 2.25. The fourth-order valence-electron chi connectivity index (χ4n) is 1.87. The number of benzene rings is 1.